The molecule has 6 heteroatoms. The zero-order chi connectivity index (χ0) is 24.4. The summed E-state index contributed by atoms with van der Waals surface area (Å²) in [5.74, 6) is 0. The monoisotopic (exact) mass is 466 g/mol. The number of hydrogen-bond donors (Lipinski definition) is 2. The summed E-state index contributed by atoms with van der Waals surface area (Å²) in [5.41, 5.74) is 7.48. The van der Waals surface area contributed by atoms with Gasteiger partial charge in [0.2, 0.25) is 5.56 Å². The maximum Gasteiger partial charge on any atom is 0.326 e. The van der Waals surface area contributed by atoms with Crippen molar-refractivity contribution in [2.45, 2.75) is 33.4 Å². The third-order valence-corrected chi connectivity index (χ3v) is 6.62. The summed E-state index contributed by atoms with van der Waals surface area (Å²) in [6.07, 6.45) is 6.79. The number of nitrogens with one attached hydrogen (secondary N) is 2. The number of H-pyrrole nitrogens is 1. The van der Waals surface area contributed by atoms with Gasteiger partial charge in [-0.15, -0.1) is 0 Å². The Hall–Kier alpha value is -3.90. The molecule has 178 valence electrons. The zero-order valence-electron chi connectivity index (χ0n) is 20.2. The number of aromatic amines is 1. The van der Waals surface area contributed by atoms with Gasteiger partial charge in [-0.2, -0.15) is 0 Å². The number of carbonyl (C=O) groups is 1. The van der Waals surface area contributed by atoms with E-state index >= 15 is 0 Å². The molecule has 1 aliphatic rings. The first-order valence-corrected chi connectivity index (χ1v) is 12.0. The van der Waals surface area contributed by atoms with Crippen LogP contribution in [0.1, 0.15) is 33.5 Å². The predicted molar refractivity (Wildman–Crippen MR) is 141 cm³/mol. The molecule has 0 saturated carbocycles. The van der Waals surface area contributed by atoms with Gasteiger partial charge in [0.25, 0.3) is 0 Å². The molecular weight excluding hydrogens is 436 g/mol. The van der Waals surface area contributed by atoms with Crippen molar-refractivity contribution in [3.63, 3.8) is 0 Å². The minimum atomic E-state index is -0.174. The number of amides is 1. The van der Waals surface area contributed by atoms with Crippen LogP contribution in [-0.2, 0) is 19.5 Å². The quantitative estimate of drug-likeness (QED) is 0.445. The second-order valence-electron chi connectivity index (χ2n) is 9.30. The molecule has 1 amide bonds. The minimum Gasteiger partial charge on any atom is -0.333 e. The molecule has 0 bridgehead atoms. The van der Waals surface area contributed by atoms with Gasteiger partial charge in [-0.1, -0.05) is 53.6 Å². The van der Waals surface area contributed by atoms with E-state index in [0.29, 0.717) is 6.54 Å². The highest BCUT2D eigenvalue weighted by molar-refractivity contribution is 5.96. The fourth-order valence-electron chi connectivity index (χ4n) is 4.79. The standard InChI is InChI=1S/C29H30N4O2/c1-20-5-8-22(9-6-20)4-3-14-32-15-12-27-25(19-32)24-16-21(2)7-10-26(24)33(27)29(35)31-18-23-11-13-30-28(34)17-23/h3-11,13,16-17H,12,14-15,18-19H2,1-2H3,(H,30,34)(H,31,35)/b4-3+. The Balaban J connectivity index is 1.37. The molecule has 4 aromatic rings. The molecule has 0 radical (unpaired) electrons. The summed E-state index contributed by atoms with van der Waals surface area (Å²) in [7, 11) is 0. The lowest BCUT2D eigenvalue weighted by atomic mass is 10.0. The Morgan fingerprint density at radius 3 is 2.66 bits per heavy atom. The minimum absolute atomic E-state index is 0.159. The number of hydrogen-bond acceptors (Lipinski definition) is 3. The average molecular weight is 467 g/mol. The SMILES string of the molecule is Cc1ccc(/C=C/CN2CCc3c(c4cc(C)ccc4n3C(=O)NCc3cc[nH]c(=O)c3)C2)cc1. The van der Waals surface area contributed by atoms with Crippen molar-refractivity contribution in [3.8, 4) is 0 Å². The van der Waals surface area contributed by atoms with Gasteiger partial charge in [0.15, 0.2) is 0 Å². The second kappa shape index (κ2) is 9.76. The van der Waals surface area contributed by atoms with Crippen LogP contribution >= 0.6 is 0 Å². The van der Waals surface area contributed by atoms with Gasteiger partial charge in [-0.25, -0.2) is 4.79 Å². The number of fused-ring (bicyclic) bond motifs is 3. The normalized spacial score (nSPS) is 13.9. The highest BCUT2D eigenvalue weighted by atomic mass is 16.2. The maximum absolute atomic E-state index is 13.3. The van der Waals surface area contributed by atoms with Gasteiger partial charge in [-0.05, 0) is 48.7 Å². The van der Waals surface area contributed by atoms with Crippen LogP contribution in [0.25, 0.3) is 17.0 Å². The second-order valence-corrected chi connectivity index (χ2v) is 9.30. The fourth-order valence-corrected chi connectivity index (χ4v) is 4.79. The molecule has 0 spiro atoms. The van der Waals surface area contributed by atoms with E-state index in [9.17, 15) is 9.59 Å². The van der Waals surface area contributed by atoms with Crippen molar-refractivity contribution < 1.29 is 4.79 Å². The first-order chi connectivity index (χ1) is 17.0. The lowest BCUT2D eigenvalue weighted by Gasteiger charge is -2.27. The lowest BCUT2D eigenvalue weighted by Crippen LogP contribution is -2.34. The smallest absolute Gasteiger partial charge is 0.326 e. The third-order valence-electron chi connectivity index (χ3n) is 6.62. The van der Waals surface area contributed by atoms with Gasteiger partial charge >= 0.3 is 6.03 Å². The Morgan fingerprint density at radius 2 is 1.86 bits per heavy atom. The van der Waals surface area contributed by atoms with Crippen LogP contribution in [0.2, 0.25) is 0 Å². The van der Waals surface area contributed by atoms with E-state index in [1.807, 2.05) is 10.6 Å². The van der Waals surface area contributed by atoms with E-state index in [1.54, 1.807) is 12.3 Å². The Kier molecular flexibility index (Phi) is 6.38. The van der Waals surface area contributed by atoms with Gasteiger partial charge in [0.05, 0.1) is 5.52 Å². The molecule has 2 aromatic carbocycles. The lowest BCUT2D eigenvalue weighted by molar-refractivity contribution is 0.240. The van der Waals surface area contributed by atoms with Crippen molar-refractivity contribution >= 4 is 23.0 Å². The predicted octanol–water partition coefficient (Wildman–Crippen LogP) is 4.78. The van der Waals surface area contributed by atoms with Crippen LogP contribution in [0.3, 0.4) is 0 Å². The molecule has 1 aliphatic heterocycles. The van der Waals surface area contributed by atoms with Crippen molar-refractivity contribution in [2.75, 3.05) is 13.1 Å². The highest BCUT2D eigenvalue weighted by Crippen LogP contribution is 2.31. The number of pyridine rings is 1. The summed E-state index contributed by atoms with van der Waals surface area (Å²) in [5, 5.41) is 4.14. The molecule has 5 rings (SSSR count). The zero-order valence-corrected chi connectivity index (χ0v) is 20.2. The molecule has 0 fully saturated rings. The highest BCUT2D eigenvalue weighted by Gasteiger charge is 2.26. The molecule has 2 N–H and O–H groups in total. The van der Waals surface area contributed by atoms with E-state index < -0.39 is 0 Å². The first kappa shape index (κ1) is 22.9. The molecule has 0 unspecified atom stereocenters. The molecule has 3 heterocycles. The molecule has 0 saturated heterocycles. The van der Waals surface area contributed by atoms with Crippen LogP contribution in [0.15, 0.2) is 71.7 Å². The largest absolute Gasteiger partial charge is 0.333 e. The first-order valence-electron chi connectivity index (χ1n) is 12.0. The molecular formula is C29H30N4O2. The maximum atomic E-state index is 13.3. The fraction of sp³-hybridized carbons (Fsp3) is 0.241. The van der Waals surface area contributed by atoms with Crippen LogP contribution < -0.4 is 10.9 Å². The van der Waals surface area contributed by atoms with Gasteiger partial charge in [0.1, 0.15) is 0 Å². The van der Waals surface area contributed by atoms with E-state index in [4.69, 9.17) is 0 Å². The summed E-state index contributed by atoms with van der Waals surface area (Å²) < 4.78 is 1.83. The van der Waals surface area contributed by atoms with Crippen molar-refractivity contribution in [1.29, 1.82) is 0 Å². The van der Waals surface area contributed by atoms with Gasteiger partial charge in [-0.3, -0.25) is 14.3 Å². The number of aryl methyl sites for hydroxylation is 2. The van der Waals surface area contributed by atoms with Crippen molar-refractivity contribution in [1.82, 2.24) is 19.8 Å². The molecule has 2 aromatic heterocycles. The van der Waals surface area contributed by atoms with E-state index in [0.717, 1.165) is 48.2 Å². The van der Waals surface area contributed by atoms with Crippen molar-refractivity contribution in [2.24, 2.45) is 0 Å². The molecule has 0 aliphatic carbocycles. The van der Waals surface area contributed by atoms with Gasteiger partial charge < -0.3 is 10.3 Å². The number of carbonyl (C=O) groups excluding carboxylic acids is 1. The van der Waals surface area contributed by atoms with E-state index in [1.165, 1.54) is 28.3 Å². The van der Waals surface area contributed by atoms with E-state index in [-0.39, 0.29) is 11.6 Å². The summed E-state index contributed by atoms with van der Waals surface area (Å²) in [6, 6.07) is 18.0. The van der Waals surface area contributed by atoms with Crippen LogP contribution in [0.5, 0.6) is 0 Å². The summed E-state index contributed by atoms with van der Waals surface area (Å²) >= 11 is 0. The Bertz CT molecular complexity index is 1460. The topological polar surface area (TPSA) is 70.1 Å². The van der Waals surface area contributed by atoms with Crippen LogP contribution in [-0.4, -0.2) is 33.6 Å². The molecule has 35 heavy (non-hydrogen) atoms. The van der Waals surface area contributed by atoms with Crippen LogP contribution in [0.4, 0.5) is 4.79 Å². The number of rotatable bonds is 5. The van der Waals surface area contributed by atoms with Crippen molar-refractivity contribution in [3.05, 3.63) is 111 Å². The van der Waals surface area contributed by atoms with Crippen LogP contribution in [0, 0.1) is 13.8 Å². The number of nitrogens with zero attached hydrogens (tertiary/aromatic N) is 2. The number of aromatic nitrogens is 2. The summed E-state index contributed by atoms with van der Waals surface area (Å²) in [6.45, 7) is 7.05. The summed E-state index contributed by atoms with van der Waals surface area (Å²) in [4.78, 5) is 29.9. The van der Waals surface area contributed by atoms with E-state index in [2.05, 4.69) is 77.6 Å². The third kappa shape index (κ3) is 4.98. The molecule has 6 nitrogen and oxygen atoms in total. The Labute approximate surface area is 204 Å². The Morgan fingerprint density at radius 1 is 1.06 bits per heavy atom. The average Bonchev–Trinajstić information content (AvgIpc) is 3.17. The number of benzene rings is 2. The molecule has 0 atom stereocenters. The van der Waals surface area contributed by atoms with Gasteiger partial charge in [0, 0.05) is 55.9 Å².